The predicted molar refractivity (Wildman–Crippen MR) is 98.1 cm³/mol. The van der Waals surface area contributed by atoms with E-state index in [1.807, 2.05) is 0 Å². The Morgan fingerprint density at radius 3 is 1.29 bits per heavy atom. The van der Waals surface area contributed by atoms with E-state index in [2.05, 4.69) is 30.3 Å². The predicted octanol–water partition coefficient (Wildman–Crippen LogP) is 6.49. The average molecular weight is 304 g/mol. The fraction of sp³-hybridized carbons (Fsp3) is 0.700. The Morgan fingerprint density at radius 1 is 0.476 bits per heavy atom. The molecule has 0 N–H and O–H groups in total. The minimum Gasteiger partial charge on any atom is -0.0753 e. The number of rotatable bonds is 1. The highest BCUT2D eigenvalue weighted by Crippen LogP contribution is 2.37. The average Bonchev–Trinajstić information content (AvgIpc) is 2.54. The molecule has 1 heterocycles. The third-order valence-electron chi connectivity index (χ3n) is 4.73. The van der Waals surface area contributed by atoms with Crippen LogP contribution in [0.5, 0.6) is 0 Å². The van der Waals surface area contributed by atoms with Crippen LogP contribution in [0, 0.1) is 0 Å². The summed E-state index contributed by atoms with van der Waals surface area (Å²) in [6.07, 6.45) is 20.6. The number of hydrogen-bond donors (Lipinski definition) is 0. The Hall–Kier alpha value is -0.350. The van der Waals surface area contributed by atoms with Crippen molar-refractivity contribution in [1.29, 1.82) is 0 Å². The van der Waals surface area contributed by atoms with E-state index in [9.17, 15) is 0 Å². The smallest absolute Gasteiger partial charge is 0.0240 e. The Balaban J connectivity index is 1.83. The lowest BCUT2D eigenvalue weighted by Crippen LogP contribution is -2.06. The SMILES string of the molecule is c1ccc(P2CCCCCCCCCCCCCC2)cc1. The molecule has 21 heavy (non-hydrogen) atoms. The monoisotopic (exact) mass is 304 g/mol. The topological polar surface area (TPSA) is 0 Å². The van der Waals surface area contributed by atoms with Gasteiger partial charge in [0.15, 0.2) is 0 Å². The van der Waals surface area contributed by atoms with Crippen LogP contribution in [0.2, 0.25) is 0 Å². The Morgan fingerprint density at radius 2 is 0.857 bits per heavy atom. The normalized spacial score (nSPS) is 21.3. The van der Waals surface area contributed by atoms with E-state index in [-0.39, 0.29) is 7.92 Å². The van der Waals surface area contributed by atoms with Crippen LogP contribution in [-0.2, 0) is 0 Å². The van der Waals surface area contributed by atoms with E-state index >= 15 is 0 Å². The highest BCUT2D eigenvalue weighted by atomic mass is 31.1. The molecule has 0 aromatic heterocycles. The highest BCUT2D eigenvalue weighted by Gasteiger charge is 2.10. The van der Waals surface area contributed by atoms with Crippen LogP contribution in [0.25, 0.3) is 0 Å². The van der Waals surface area contributed by atoms with E-state index in [4.69, 9.17) is 0 Å². The van der Waals surface area contributed by atoms with Gasteiger partial charge in [0.1, 0.15) is 0 Å². The van der Waals surface area contributed by atoms with Gasteiger partial charge >= 0.3 is 0 Å². The van der Waals surface area contributed by atoms with Crippen LogP contribution < -0.4 is 5.30 Å². The molecule has 2 rings (SSSR count). The van der Waals surface area contributed by atoms with Crippen LogP contribution in [0.3, 0.4) is 0 Å². The molecule has 0 radical (unpaired) electrons. The summed E-state index contributed by atoms with van der Waals surface area (Å²) in [5.74, 6) is 0. The largest absolute Gasteiger partial charge is 0.0753 e. The Kier molecular flexibility index (Phi) is 9.11. The Labute approximate surface area is 133 Å². The first-order chi connectivity index (χ1) is 10.5. The molecule has 0 amide bonds. The summed E-state index contributed by atoms with van der Waals surface area (Å²) in [4.78, 5) is 0. The van der Waals surface area contributed by atoms with Gasteiger partial charge in [-0.25, -0.2) is 0 Å². The molecular formula is C20H33P. The van der Waals surface area contributed by atoms with Gasteiger partial charge in [-0.2, -0.15) is 0 Å². The van der Waals surface area contributed by atoms with Gasteiger partial charge in [-0.15, -0.1) is 0 Å². The van der Waals surface area contributed by atoms with Crippen molar-refractivity contribution in [3.05, 3.63) is 30.3 Å². The van der Waals surface area contributed by atoms with E-state index in [0.717, 1.165) is 0 Å². The van der Waals surface area contributed by atoms with Gasteiger partial charge in [-0.3, -0.25) is 0 Å². The number of hydrogen-bond acceptors (Lipinski definition) is 0. The molecule has 0 bridgehead atoms. The molecule has 0 nitrogen and oxygen atoms in total. The van der Waals surface area contributed by atoms with Gasteiger partial charge in [0.25, 0.3) is 0 Å². The van der Waals surface area contributed by atoms with Gasteiger partial charge in [-0.05, 0) is 30.5 Å². The molecule has 1 fully saturated rings. The van der Waals surface area contributed by atoms with Crippen LogP contribution in [0.15, 0.2) is 30.3 Å². The molecule has 1 saturated heterocycles. The second-order valence-electron chi connectivity index (χ2n) is 6.57. The summed E-state index contributed by atoms with van der Waals surface area (Å²) in [7, 11) is 0.118. The molecular weight excluding hydrogens is 271 g/mol. The van der Waals surface area contributed by atoms with Crippen molar-refractivity contribution in [3.63, 3.8) is 0 Å². The lowest BCUT2D eigenvalue weighted by atomic mass is 10.1. The fourth-order valence-corrected chi connectivity index (χ4v) is 5.93. The van der Waals surface area contributed by atoms with Gasteiger partial charge in [0.2, 0.25) is 0 Å². The lowest BCUT2D eigenvalue weighted by Gasteiger charge is -2.18. The first-order valence-electron chi connectivity index (χ1n) is 9.27. The zero-order valence-corrected chi connectivity index (χ0v) is 14.6. The molecule has 1 aliphatic rings. The van der Waals surface area contributed by atoms with Crippen LogP contribution in [0.1, 0.15) is 77.0 Å². The first kappa shape index (κ1) is 17.0. The van der Waals surface area contributed by atoms with Crippen LogP contribution >= 0.6 is 7.92 Å². The van der Waals surface area contributed by atoms with Gasteiger partial charge in [0, 0.05) is 0 Å². The quantitative estimate of drug-likeness (QED) is 0.520. The van der Waals surface area contributed by atoms with Gasteiger partial charge < -0.3 is 0 Å². The van der Waals surface area contributed by atoms with Crippen molar-refractivity contribution in [2.75, 3.05) is 12.3 Å². The molecule has 0 aliphatic carbocycles. The molecule has 0 unspecified atom stereocenters. The van der Waals surface area contributed by atoms with Crippen molar-refractivity contribution in [3.8, 4) is 0 Å². The standard InChI is InChI=1S/C20H33P/c1-2-4-6-8-10-15-19-21(18-14-9-7-5-3-1)20-16-12-11-13-17-20/h11-13,16-17H,1-10,14-15,18-19H2. The van der Waals surface area contributed by atoms with Crippen LogP contribution in [0.4, 0.5) is 0 Å². The van der Waals surface area contributed by atoms with Crippen LogP contribution in [-0.4, -0.2) is 12.3 Å². The first-order valence-corrected chi connectivity index (χ1v) is 11.0. The van der Waals surface area contributed by atoms with Crippen molar-refractivity contribution in [2.45, 2.75) is 77.0 Å². The molecule has 0 atom stereocenters. The second-order valence-corrected chi connectivity index (χ2v) is 9.06. The van der Waals surface area contributed by atoms with Crippen molar-refractivity contribution in [1.82, 2.24) is 0 Å². The summed E-state index contributed by atoms with van der Waals surface area (Å²) in [6.45, 7) is 0. The maximum absolute atomic E-state index is 2.37. The maximum Gasteiger partial charge on any atom is -0.0240 e. The summed E-state index contributed by atoms with van der Waals surface area (Å²) in [6, 6.07) is 11.4. The minimum atomic E-state index is 0.118. The van der Waals surface area contributed by atoms with E-state index < -0.39 is 0 Å². The fourth-order valence-electron chi connectivity index (χ4n) is 3.38. The molecule has 1 aliphatic heterocycles. The van der Waals surface area contributed by atoms with E-state index in [0.29, 0.717) is 0 Å². The Bertz CT molecular complexity index is 330. The second kappa shape index (κ2) is 11.2. The summed E-state index contributed by atoms with van der Waals surface area (Å²) >= 11 is 0. The summed E-state index contributed by atoms with van der Waals surface area (Å²) in [5, 5.41) is 1.65. The van der Waals surface area contributed by atoms with Gasteiger partial charge in [-0.1, -0.05) is 102 Å². The molecule has 1 aromatic carbocycles. The summed E-state index contributed by atoms with van der Waals surface area (Å²) < 4.78 is 0. The van der Waals surface area contributed by atoms with Crippen molar-refractivity contribution >= 4 is 13.2 Å². The highest BCUT2D eigenvalue weighted by molar-refractivity contribution is 7.65. The molecule has 1 aromatic rings. The van der Waals surface area contributed by atoms with Gasteiger partial charge in [0.05, 0.1) is 0 Å². The molecule has 1 heteroatoms. The van der Waals surface area contributed by atoms with E-state index in [1.54, 1.807) is 5.30 Å². The zero-order chi connectivity index (χ0) is 14.6. The van der Waals surface area contributed by atoms with Crippen molar-refractivity contribution in [2.24, 2.45) is 0 Å². The summed E-state index contributed by atoms with van der Waals surface area (Å²) in [5.41, 5.74) is 0. The third-order valence-corrected chi connectivity index (χ3v) is 7.47. The zero-order valence-electron chi connectivity index (χ0n) is 13.7. The molecule has 0 saturated carbocycles. The third kappa shape index (κ3) is 7.46. The van der Waals surface area contributed by atoms with Crippen molar-refractivity contribution < 1.29 is 0 Å². The maximum atomic E-state index is 2.37. The van der Waals surface area contributed by atoms with E-state index in [1.165, 1.54) is 89.4 Å². The lowest BCUT2D eigenvalue weighted by molar-refractivity contribution is 0.550. The number of benzene rings is 1. The molecule has 0 spiro atoms. The minimum absolute atomic E-state index is 0.118. The molecule has 118 valence electrons.